The van der Waals surface area contributed by atoms with Gasteiger partial charge in [-0.25, -0.2) is 9.59 Å². The maximum absolute atomic E-state index is 12.1. The van der Waals surface area contributed by atoms with Crippen LogP contribution in [0.3, 0.4) is 0 Å². The van der Waals surface area contributed by atoms with E-state index in [0.717, 1.165) is 39.2 Å². The molecule has 0 aliphatic rings. The summed E-state index contributed by atoms with van der Waals surface area (Å²) in [5.74, 6) is -0.192. The van der Waals surface area contributed by atoms with E-state index in [9.17, 15) is 9.59 Å². The van der Waals surface area contributed by atoms with Crippen molar-refractivity contribution >= 4 is 22.7 Å². The molecule has 0 atom stereocenters. The molecular weight excluding hydrogens is 406 g/mol. The van der Waals surface area contributed by atoms with Crippen LogP contribution in [0.2, 0.25) is 0 Å². The molecule has 0 saturated heterocycles. The van der Waals surface area contributed by atoms with Crippen molar-refractivity contribution in [1.29, 1.82) is 0 Å². The number of carboxylic acids is 1. The number of imidazole rings is 1. The van der Waals surface area contributed by atoms with Crippen molar-refractivity contribution in [1.82, 2.24) is 9.13 Å². The van der Waals surface area contributed by atoms with E-state index in [1.807, 2.05) is 49.4 Å². The third-order valence-electron chi connectivity index (χ3n) is 5.63. The highest BCUT2D eigenvalue weighted by atomic mass is 16.5. The molecular formula is C25H25N3O4. The van der Waals surface area contributed by atoms with Gasteiger partial charge in [0.2, 0.25) is 0 Å². The van der Waals surface area contributed by atoms with Crippen LogP contribution in [0.15, 0.2) is 65.5 Å². The van der Waals surface area contributed by atoms with Crippen molar-refractivity contribution < 1.29 is 14.6 Å². The topological polar surface area (TPSA) is 85.5 Å². The van der Waals surface area contributed by atoms with Gasteiger partial charge >= 0.3 is 11.7 Å². The van der Waals surface area contributed by atoms with Gasteiger partial charge in [0, 0.05) is 26.3 Å². The Kier molecular flexibility index (Phi) is 5.73. The summed E-state index contributed by atoms with van der Waals surface area (Å²) < 4.78 is 9.18. The fraction of sp³-hybridized carbons (Fsp3) is 0.200. The SMILES string of the molecule is Cc1ccc(C(=O)O)cc1NCc1ccc(OCc2ccc3c(c2)n(C)c(=O)n3C)cc1. The van der Waals surface area contributed by atoms with E-state index in [0.29, 0.717) is 13.2 Å². The molecule has 4 aromatic rings. The van der Waals surface area contributed by atoms with E-state index in [1.54, 1.807) is 41.4 Å². The van der Waals surface area contributed by atoms with Crippen molar-refractivity contribution in [2.45, 2.75) is 20.1 Å². The summed E-state index contributed by atoms with van der Waals surface area (Å²) in [5.41, 5.74) is 5.81. The highest BCUT2D eigenvalue weighted by Gasteiger charge is 2.09. The molecule has 0 amide bonds. The molecule has 3 aromatic carbocycles. The molecule has 1 aromatic heterocycles. The molecule has 4 rings (SSSR count). The van der Waals surface area contributed by atoms with Crippen molar-refractivity contribution in [3.63, 3.8) is 0 Å². The lowest BCUT2D eigenvalue weighted by Gasteiger charge is -2.11. The summed E-state index contributed by atoms with van der Waals surface area (Å²) >= 11 is 0. The molecule has 164 valence electrons. The number of anilines is 1. The smallest absolute Gasteiger partial charge is 0.335 e. The molecule has 0 radical (unpaired) electrons. The van der Waals surface area contributed by atoms with Crippen LogP contribution in [-0.4, -0.2) is 20.2 Å². The number of benzene rings is 3. The number of fused-ring (bicyclic) bond motifs is 1. The van der Waals surface area contributed by atoms with Gasteiger partial charge in [0.05, 0.1) is 16.6 Å². The molecule has 7 heteroatoms. The predicted octanol–water partition coefficient (Wildman–Crippen LogP) is 4.07. The summed E-state index contributed by atoms with van der Waals surface area (Å²) in [4.78, 5) is 23.3. The minimum absolute atomic E-state index is 0.0489. The first-order valence-corrected chi connectivity index (χ1v) is 10.3. The quantitative estimate of drug-likeness (QED) is 0.461. The van der Waals surface area contributed by atoms with Crippen LogP contribution in [0, 0.1) is 6.92 Å². The molecule has 0 bridgehead atoms. The number of ether oxygens (including phenoxy) is 1. The first-order chi connectivity index (χ1) is 15.3. The number of aryl methyl sites for hydroxylation is 3. The Bertz CT molecular complexity index is 1350. The molecule has 0 fully saturated rings. The highest BCUT2D eigenvalue weighted by molar-refractivity contribution is 5.89. The molecule has 32 heavy (non-hydrogen) atoms. The summed E-state index contributed by atoms with van der Waals surface area (Å²) in [6.45, 7) is 2.91. The number of hydrogen-bond acceptors (Lipinski definition) is 4. The van der Waals surface area contributed by atoms with E-state index in [1.165, 1.54) is 0 Å². The van der Waals surface area contributed by atoms with Crippen LogP contribution in [0.5, 0.6) is 5.75 Å². The van der Waals surface area contributed by atoms with Crippen molar-refractivity contribution in [3.05, 3.63) is 93.4 Å². The van der Waals surface area contributed by atoms with Gasteiger partial charge in [-0.05, 0) is 60.0 Å². The molecule has 0 aliphatic carbocycles. The van der Waals surface area contributed by atoms with Gasteiger partial charge in [-0.15, -0.1) is 0 Å². The van der Waals surface area contributed by atoms with Crippen molar-refractivity contribution in [3.8, 4) is 5.75 Å². The number of nitrogens with one attached hydrogen (secondary N) is 1. The average Bonchev–Trinajstić information content (AvgIpc) is 3.01. The van der Waals surface area contributed by atoms with Crippen molar-refractivity contribution in [2.75, 3.05) is 5.32 Å². The second-order valence-electron chi connectivity index (χ2n) is 7.84. The number of hydrogen-bond donors (Lipinski definition) is 2. The molecule has 0 saturated carbocycles. The Morgan fingerprint density at radius 3 is 2.34 bits per heavy atom. The molecule has 7 nitrogen and oxygen atoms in total. The summed E-state index contributed by atoms with van der Waals surface area (Å²) in [6.07, 6.45) is 0. The Morgan fingerprint density at radius 1 is 0.938 bits per heavy atom. The van der Waals surface area contributed by atoms with Gasteiger partial charge in [0.25, 0.3) is 0 Å². The van der Waals surface area contributed by atoms with Crippen LogP contribution < -0.4 is 15.7 Å². The highest BCUT2D eigenvalue weighted by Crippen LogP contribution is 2.20. The first kappa shape index (κ1) is 21.2. The maximum atomic E-state index is 12.1. The van der Waals surface area contributed by atoms with Crippen LogP contribution >= 0.6 is 0 Å². The normalized spacial score (nSPS) is 11.0. The molecule has 0 spiro atoms. The zero-order valence-electron chi connectivity index (χ0n) is 18.3. The summed E-state index contributed by atoms with van der Waals surface area (Å²) in [5, 5.41) is 12.5. The monoisotopic (exact) mass is 431 g/mol. The van der Waals surface area contributed by atoms with Gasteiger partial charge in [0.1, 0.15) is 12.4 Å². The minimum Gasteiger partial charge on any atom is -0.489 e. The fourth-order valence-electron chi connectivity index (χ4n) is 3.66. The van der Waals surface area contributed by atoms with E-state index < -0.39 is 5.97 Å². The lowest BCUT2D eigenvalue weighted by molar-refractivity contribution is 0.0697. The Labute approximate surface area is 185 Å². The molecule has 2 N–H and O–H groups in total. The number of rotatable bonds is 7. The Balaban J connectivity index is 1.39. The second kappa shape index (κ2) is 8.63. The van der Waals surface area contributed by atoms with E-state index in [4.69, 9.17) is 9.84 Å². The minimum atomic E-state index is -0.941. The van der Waals surface area contributed by atoms with Gasteiger partial charge in [-0.2, -0.15) is 0 Å². The number of carbonyl (C=O) groups is 1. The second-order valence-corrected chi connectivity index (χ2v) is 7.84. The van der Waals surface area contributed by atoms with E-state index >= 15 is 0 Å². The number of aromatic nitrogens is 2. The predicted molar refractivity (Wildman–Crippen MR) is 124 cm³/mol. The largest absolute Gasteiger partial charge is 0.489 e. The molecule has 1 heterocycles. The number of carboxylic acid groups (broad SMARTS) is 1. The zero-order chi connectivity index (χ0) is 22.8. The van der Waals surface area contributed by atoms with Crippen LogP contribution in [0.25, 0.3) is 11.0 Å². The standard InChI is InChI=1S/C25H25N3O4/c1-16-4-8-19(24(29)30)13-21(16)26-14-17-5-9-20(10-6-17)32-15-18-7-11-22-23(12-18)28(3)25(31)27(22)2/h4-13,26H,14-15H2,1-3H3,(H,29,30). The van der Waals surface area contributed by atoms with Gasteiger partial charge in [-0.3, -0.25) is 9.13 Å². The van der Waals surface area contributed by atoms with Crippen molar-refractivity contribution in [2.24, 2.45) is 14.1 Å². The summed E-state index contributed by atoms with van der Waals surface area (Å²) in [7, 11) is 3.53. The van der Waals surface area contributed by atoms with E-state index in [-0.39, 0.29) is 11.3 Å². The van der Waals surface area contributed by atoms with Gasteiger partial charge in [0.15, 0.2) is 0 Å². The lowest BCUT2D eigenvalue weighted by Crippen LogP contribution is -2.19. The maximum Gasteiger partial charge on any atom is 0.335 e. The lowest BCUT2D eigenvalue weighted by atomic mass is 10.1. The third kappa shape index (κ3) is 4.23. The molecule has 0 unspecified atom stereocenters. The van der Waals surface area contributed by atoms with Crippen LogP contribution in [-0.2, 0) is 27.2 Å². The average molecular weight is 431 g/mol. The Hall–Kier alpha value is -4.00. The third-order valence-corrected chi connectivity index (χ3v) is 5.63. The molecule has 0 aliphatic heterocycles. The van der Waals surface area contributed by atoms with Gasteiger partial charge in [-0.1, -0.05) is 24.3 Å². The number of nitrogens with zero attached hydrogens (tertiary/aromatic N) is 2. The summed E-state index contributed by atoms with van der Waals surface area (Å²) in [6, 6.07) is 18.7. The Morgan fingerprint density at radius 2 is 1.62 bits per heavy atom. The first-order valence-electron chi connectivity index (χ1n) is 10.3. The van der Waals surface area contributed by atoms with Crippen LogP contribution in [0.4, 0.5) is 5.69 Å². The van der Waals surface area contributed by atoms with Crippen LogP contribution in [0.1, 0.15) is 27.0 Å². The zero-order valence-corrected chi connectivity index (χ0v) is 18.3. The van der Waals surface area contributed by atoms with Gasteiger partial charge < -0.3 is 15.2 Å². The van der Waals surface area contributed by atoms with E-state index in [2.05, 4.69) is 5.32 Å². The number of aromatic carboxylic acids is 1. The fourth-order valence-corrected chi connectivity index (χ4v) is 3.66.